The molecule has 0 saturated carbocycles. The Labute approximate surface area is 157 Å². The third-order valence-electron chi connectivity index (χ3n) is 3.45. The molecule has 0 aliphatic carbocycles. The summed E-state index contributed by atoms with van der Waals surface area (Å²) in [6.07, 6.45) is 1.43. The summed E-state index contributed by atoms with van der Waals surface area (Å²) in [5, 5.41) is 2.63. The van der Waals surface area contributed by atoms with Gasteiger partial charge >= 0.3 is 0 Å². The van der Waals surface area contributed by atoms with Crippen LogP contribution < -0.4 is 10.2 Å². The summed E-state index contributed by atoms with van der Waals surface area (Å²) in [5.74, 6) is -0.566. The van der Waals surface area contributed by atoms with Gasteiger partial charge in [0.2, 0.25) is 0 Å². The smallest absolute Gasteiger partial charge is 0.270 e. The predicted molar refractivity (Wildman–Crippen MR) is 104 cm³/mol. The fourth-order valence-electron chi connectivity index (χ4n) is 2.52. The molecule has 1 aromatic carbocycles. The van der Waals surface area contributed by atoms with Gasteiger partial charge in [-0.15, -0.1) is 0 Å². The molecular weight excluding hydrogens is 439 g/mol. The topological polar surface area (TPSA) is 62.6 Å². The van der Waals surface area contributed by atoms with E-state index in [1.807, 2.05) is 54.6 Å². The highest BCUT2D eigenvalue weighted by atomic mass is 127. The summed E-state index contributed by atoms with van der Waals surface area (Å²) >= 11 is 7.21. The lowest BCUT2D eigenvalue weighted by Crippen LogP contribution is -2.54. The summed E-state index contributed by atoms with van der Waals surface area (Å²) < 4.78 is 6.09. The van der Waals surface area contributed by atoms with Gasteiger partial charge in [-0.25, -0.2) is 0 Å². The maximum atomic E-state index is 12.8. The number of aryl methyl sites for hydroxylation is 2. The van der Waals surface area contributed by atoms with E-state index < -0.39 is 11.8 Å². The maximum absolute atomic E-state index is 12.8. The van der Waals surface area contributed by atoms with Gasteiger partial charge in [0.1, 0.15) is 11.3 Å². The molecule has 24 heavy (non-hydrogen) atoms. The maximum Gasteiger partial charge on any atom is 0.270 e. The van der Waals surface area contributed by atoms with E-state index in [1.54, 1.807) is 12.1 Å². The number of benzene rings is 1. The van der Waals surface area contributed by atoms with Gasteiger partial charge in [0.25, 0.3) is 11.8 Å². The van der Waals surface area contributed by atoms with Crippen LogP contribution in [0.5, 0.6) is 0 Å². The molecule has 7 heteroatoms. The van der Waals surface area contributed by atoms with Gasteiger partial charge in [-0.2, -0.15) is 0 Å². The number of rotatable bonds is 2. The van der Waals surface area contributed by atoms with E-state index in [2.05, 4.69) is 5.32 Å². The van der Waals surface area contributed by atoms with Crippen molar-refractivity contribution in [2.24, 2.45) is 0 Å². The first-order valence-electron chi connectivity index (χ1n) is 7.10. The van der Waals surface area contributed by atoms with Crippen LogP contribution in [0.25, 0.3) is 6.08 Å². The number of hydrogen-bond acceptors (Lipinski definition) is 4. The van der Waals surface area contributed by atoms with Crippen molar-refractivity contribution in [3.8, 4) is 0 Å². The average Bonchev–Trinajstić information content (AvgIpc) is 2.87. The van der Waals surface area contributed by atoms with Gasteiger partial charge in [0.15, 0.2) is 8.88 Å². The molecular formula is C17H13IN2O3S. The van der Waals surface area contributed by atoms with E-state index in [1.165, 1.54) is 11.0 Å². The van der Waals surface area contributed by atoms with Crippen molar-refractivity contribution in [2.45, 2.75) is 13.8 Å². The van der Waals surface area contributed by atoms with Crippen molar-refractivity contribution in [3.63, 3.8) is 0 Å². The van der Waals surface area contributed by atoms with Crippen molar-refractivity contribution in [1.82, 2.24) is 5.32 Å². The van der Waals surface area contributed by atoms with Gasteiger partial charge in [-0.05, 0) is 90.1 Å². The first-order chi connectivity index (χ1) is 11.3. The molecule has 2 heterocycles. The van der Waals surface area contributed by atoms with Crippen LogP contribution in [-0.2, 0) is 9.59 Å². The summed E-state index contributed by atoms with van der Waals surface area (Å²) in [6.45, 7) is 3.88. The zero-order valence-electron chi connectivity index (χ0n) is 12.9. The SMILES string of the molecule is Cc1cc(C)cc(N2C(=O)C(=Cc3ccc(I)o3)C(=O)NC2=S)c1. The van der Waals surface area contributed by atoms with Gasteiger partial charge in [0, 0.05) is 0 Å². The number of halogens is 1. The quantitative estimate of drug-likeness (QED) is 0.329. The number of amides is 2. The highest BCUT2D eigenvalue weighted by Crippen LogP contribution is 2.24. The lowest BCUT2D eigenvalue weighted by atomic mass is 10.1. The first-order valence-corrected chi connectivity index (χ1v) is 8.59. The Morgan fingerprint density at radius 2 is 1.83 bits per heavy atom. The predicted octanol–water partition coefficient (Wildman–Crippen LogP) is 3.33. The third kappa shape index (κ3) is 3.27. The van der Waals surface area contributed by atoms with Crippen molar-refractivity contribution in [2.75, 3.05) is 4.90 Å². The third-order valence-corrected chi connectivity index (χ3v) is 4.31. The Hall–Kier alpha value is -2.00. The van der Waals surface area contributed by atoms with Crippen molar-refractivity contribution in [3.05, 3.63) is 56.6 Å². The highest BCUT2D eigenvalue weighted by Gasteiger charge is 2.34. The number of carbonyl (C=O) groups is 2. The molecule has 0 radical (unpaired) electrons. The van der Waals surface area contributed by atoms with E-state index in [0.29, 0.717) is 15.2 Å². The molecule has 2 aromatic rings. The highest BCUT2D eigenvalue weighted by molar-refractivity contribution is 14.1. The number of furan rings is 1. The average molecular weight is 452 g/mol. The van der Waals surface area contributed by atoms with E-state index in [9.17, 15) is 9.59 Å². The zero-order chi connectivity index (χ0) is 17.4. The zero-order valence-corrected chi connectivity index (χ0v) is 15.9. The molecule has 1 fully saturated rings. The Bertz CT molecular complexity index is 881. The molecule has 2 amide bonds. The lowest BCUT2D eigenvalue weighted by molar-refractivity contribution is -0.122. The van der Waals surface area contributed by atoms with Crippen LogP contribution in [0.1, 0.15) is 16.9 Å². The van der Waals surface area contributed by atoms with Gasteiger partial charge in [-0.3, -0.25) is 19.8 Å². The number of anilines is 1. The molecule has 1 saturated heterocycles. The van der Waals surface area contributed by atoms with Crippen molar-refractivity contribution in [1.29, 1.82) is 0 Å². The minimum absolute atomic E-state index is 0.0199. The number of nitrogens with zero attached hydrogens (tertiary/aromatic N) is 1. The molecule has 122 valence electrons. The number of nitrogens with one attached hydrogen (secondary N) is 1. The Balaban J connectivity index is 2.04. The molecule has 1 aliphatic heterocycles. The molecule has 1 N–H and O–H groups in total. The second-order valence-corrected chi connectivity index (χ2v) is 6.90. The van der Waals surface area contributed by atoms with Gasteiger partial charge in [0.05, 0.1) is 5.69 Å². The second-order valence-electron chi connectivity index (χ2n) is 5.45. The number of thiocarbonyl (C=S) groups is 1. The van der Waals surface area contributed by atoms with Crippen LogP contribution >= 0.6 is 34.8 Å². The minimum Gasteiger partial charge on any atom is -0.451 e. The Morgan fingerprint density at radius 3 is 2.42 bits per heavy atom. The van der Waals surface area contributed by atoms with E-state index >= 15 is 0 Å². The van der Waals surface area contributed by atoms with Crippen LogP contribution in [-0.4, -0.2) is 16.9 Å². The lowest BCUT2D eigenvalue weighted by Gasteiger charge is -2.29. The van der Waals surface area contributed by atoms with Crippen molar-refractivity contribution >= 4 is 63.5 Å². The van der Waals surface area contributed by atoms with E-state index in [-0.39, 0.29) is 10.7 Å². The van der Waals surface area contributed by atoms with Crippen molar-refractivity contribution < 1.29 is 14.0 Å². The van der Waals surface area contributed by atoms with Gasteiger partial charge in [-0.1, -0.05) is 6.07 Å². The summed E-state index contributed by atoms with van der Waals surface area (Å²) in [6, 6.07) is 9.15. The molecule has 0 bridgehead atoms. The largest absolute Gasteiger partial charge is 0.451 e. The fourth-order valence-corrected chi connectivity index (χ4v) is 3.23. The first kappa shape index (κ1) is 16.8. The molecule has 1 aliphatic rings. The summed E-state index contributed by atoms with van der Waals surface area (Å²) in [7, 11) is 0. The summed E-state index contributed by atoms with van der Waals surface area (Å²) in [5.41, 5.74) is 2.61. The number of hydrogen-bond donors (Lipinski definition) is 1. The van der Waals surface area contributed by atoms with Crippen LogP contribution in [0.2, 0.25) is 0 Å². The van der Waals surface area contributed by atoms with Gasteiger partial charge < -0.3 is 4.42 Å². The minimum atomic E-state index is -0.531. The second kappa shape index (κ2) is 6.48. The molecule has 0 atom stereocenters. The van der Waals surface area contributed by atoms with E-state index in [4.69, 9.17) is 16.6 Å². The van der Waals surface area contributed by atoms with Crippen LogP contribution in [0, 0.1) is 17.6 Å². The molecule has 0 unspecified atom stereocenters. The monoisotopic (exact) mass is 452 g/mol. The number of carbonyl (C=O) groups excluding carboxylic acids is 2. The molecule has 1 aromatic heterocycles. The molecule has 5 nitrogen and oxygen atoms in total. The van der Waals surface area contributed by atoms with Crippen LogP contribution in [0.15, 0.2) is 40.3 Å². The van der Waals surface area contributed by atoms with Crippen LogP contribution in [0.4, 0.5) is 5.69 Å². The molecule has 0 spiro atoms. The van der Waals surface area contributed by atoms with E-state index in [0.717, 1.165) is 11.1 Å². The van der Waals surface area contributed by atoms with Crippen LogP contribution in [0.3, 0.4) is 0 Å². The Kier molecular flexibility index (Phi) is 4.55. The Morgan fingerprint density at radius 1 is 1.17 bits per heavy atom. The fraction of sp³-hybridized carbons (Fsp3) is 0.118. The standard InChI is InChI=1S/C17H13IN2O3S/c1-9-5-10(2)7-11(6-9)20-16(22)13(15(21)19-17(20)24)8-12-3-4-14(18)23-12/h3-8H,1-2H3,(H,19,21,24). The molecule has 3 rings (SSSR count). The normalized spacial score (nSPS) is 16.7. The summed E-state index contributed by atoms with van der Waals surface area (Å²) in [4.78, 5) is 26.4.